The van der Waals surface area contributed by atoms with E-state index in [2.05, 4.69) is 22.6 Å². The first kappa shape index (κ1) is 7.05. The van der Waals surface area contributed by atoms with Crippen LogP contribution in [-0.2, 0) is 0 Å². The van der Waals surface area contributed by atoms with Gasteiger partial charge in [0.15, 0.2) is 0 Å². The van der Waals surface area contributed by atoms with Gasteiger partial charge in [-0.2, -0.15) is 0 Å². The van der Waals surface area contributed by atoms with Crippen LogP contribution in [0.1, 0.15) is 12.8 Å². The molecule has 1 saturated carbocycles. The summed E-state index contributed by atoms with van der Waals surface area (Å²) < 4.78 is 0.898. The van der Waals surface area contributed by atoms with Crippen molar-refractivity contribution in [3.63, 3.8) is 0 Å². The van der Waals surface area contributed by atoms with E-state index in [0.29, 0.717) is 5.92 Å². The molecule has 9 heavy (non-hydrogen) atoms. The SMILES string of the molecule is N=CC(I)=C(N)C1CC1. The summed E-state index contributed by atoms with van der Waals surface area (Å²) in [5.41, 5.74) is 6.56. The Kier molecular flexibility index (Phi) is 2.10. The van der Waals surface area contributed by atoms with Crippen LogP contribution < -0.4 is 5.73 Å². The lowest BCUT2D eigenvalue weighted by molar-refractivity contribution is 0.982. The van der Waals surface area contributed by atoms with Crippen molar-refractivity contribution in [2.75, 3.05) is 0 Å². The topological polar surface area (TPSA) is 49.9 Å². The van der Waals surface area contributed by atoms with E-state index in [1.165, 1.54) is 19.1 Å². The van der Waals surface area contributed by atoms with Gasteiger partial charge in [0.05, 0.1) is 0 Å². The summed E-state index contributed by atoms with van der Waals surface area (Å²) in [7, 11) is 0. The highest BCUT2D eigenvalue weighted by Crippen LogP contribution is 2.35. The normalized spacial score (nSPS) is 21.0. The zero-order valence-corrected chi connectivity index (χ0v) is 7.18. The van der Waals surface area contributed by atoms with Crippen molar-refractivity contribution in [1.82, 2.24) is 0 Å². The second-order valence-electron chi connectivity index (χ2n) is 2.22. The summed E-state index contributed by atoms with van der Waals surface area (Å²) in [4.78, 5) is 0. The van der Waals surface area contributed by atoms with Crippen molar-refractivity contribution in [3.8, 4) is 0 Å². The number of halogens is 1. The number of nitrogens with one attached hydrogen (secondary N) is 1. The Balaban J connectivity index is 2.64. The third-order valence-electron chi connectivity index (χ3n) is 1.42. The first-order valence-electron chi connectivity index (χ1n) is 2.91. The highest BCUT2D eigenvalue weighted by atomic mass is 127. The van der Waals surface area contributed by atoms with E-state index >= 15 is 0 Å². The number of hydrogen-bond acceptors (Lipinski definition) is 2. The summed E-state index contributed by atoms with van der Waals surface area (Å²) in [6, 6.07) is 0. The molecule has 0 atom stereocenters. The molecule has 0 bridgehead atoms. The minimum atomic E-state index is 0.596. The Hall–Kier alpha value is -0.0600. The zero-order valence-electron chi connectivity index (χ0n) is 5.02. The van der Waals surface area contributed by atoms with Gasteiger partial charge < -0.3 is 11.1 Å². The fraction of sp³-hybridized carbons (Fsp3) is 0.500. The fourth-order valence-electron chi connectivity index (χ4n) is 0.673. The van der Waals surface area contributed by atoms with Crippen LogP contribution in [0.15, 0.2) is 9.28 Å². The molecule has 3 N–H and O–H groups in total. The molecule has 1 rings (SSSR count). The lowest BCUT2D eigenvalue weighted by Crippen LogP contribution is -2.01. The lowest BCUT2D eigenvalue weighted by atomic mass is 10.3. The molecular weight excluding hydrogens is 227 g/mol. The minimum absolute atomic E-state index is 0.596. The molecule has 2 nitrogen and oxygen atoms in total. The van der Waals surface area contributed by atoms with Crippen LogP contribution in [0.4, 0.5) is 0 Å². The van der Waals surface area contributed by atoms with Gasteiger partial charge in [-0.1, -0.05) is 0 Å². The molecule has 0 radical (unpaired) electrons. The van der Waals surface area contributed by atoms with Crippen LogP contribution in [-0.4, -0.2) is 6.21 Å². The standard InChI is InChI=1S/C6H9IN2/c7-5(3-8)6(9)4-1-2-4/h3-4,8H,1-2,9H2. The van der Waals surface area contributed by atoms with Crippen molar-refractivity contribution < 1.29 is 0 Å². The Morgan fingerprint density at radius 1 is 1.67 bits per heavy atom. The predicted molar refractivity (Wildman–Crippen MR) is 46.7 cm³/mol. The first-order valence-corrected chi connectivity index (χ1v) is 3.99. The maximum atomic E-state index is 6.89. The van der Waals surface area contributed by atoms with Gasteiger partial charge in [-0.05, 0) is 41.4 Å². The molecule has 0 aromatic rings. The Morgan fingerprint density at radius 3 is 2.56 bits per heavy atom. The van der Waals surface area contributed by atoms with Gasteiger partial charge in [0, 0.05) is 15.5 Å². The lowest BCUT2D eigenvalue weighted by Gasteiger charge is -1.96. The number of rotatable bonds is 2. The molecular formula is C6H9IN2. The maximum absolute atomic E-state index is 6.89. The molecule has 0 saturated heterocycles. The second kappa shape index (κ2) is 2.68. The Bertz CT molecular complexity index is 158. The molecule has 0 unspecified atom stereocenters. The second-order valence-corrected chi connectivity index (χ2v) is 3.38. The average Bonchev–Trinajstić information content (AvgIpc) is 2.66. The number of hydrogen-bond donors (Lipinski definition) is 2. The highest BCUT2D eigenvalue weighted by Gasteiger charge is 2.25. The number of nitrogens with two attached hydrogens (primary N) is 1. The summed E-state index contributed by atoms with van der Waals surface area (Å²) in [5, 5.41) is 6.89. The molecule has 0 heterocycles. The van der Waals surface area contributed by atoms with Crippen molar-refractivity contribution in [2.45, 2.75) is 12.8 Å². The average molecular weight is 236 g/mol. The molecule has 0 aliphatic heterocycles. The van der Waals surface area contributed by atoms with Crippen molar-refractivity contribution in [3.05, 3.63) is 9.28 Å². The van der Waals surface area contributed by atoms with E-state index in [-0.39, 0.29) is 0 Å². The molecule has 50 valence electrons. The van der Waals surface area contributed by atoms with E-state index in [0.717, 1.165) is 9.28 Å². The van der Waals surface area contributed by atoms with Gasteiger partial charge >= 0.3 is 0 Å². The van der Waals surface area contributed by atoms with Gasteiger partial charge in [0.1, 0.15) is 0 Å². The summed E-state index contributed by atoms with van der Waals surface area (Å²) >= 11 is 2.10. The van der Waals surface area contributed by atoms with E-state index in [1.807, 2.05) is 0 Å². The number of allylic oxidation sites excluding steroid dienone is 2. The molecule has 1 aliphatic rings. The summed E-state index contributed by atoms with van der Waals surface area (Å²) in [5.74, 6) is 0.596. The molecule has 0 aromatic carbocycles. The van der Waals surface area contributed by atoms with E-state index < -0.39 is 0 Å². The zero-order chi connectivity index (χ0) is 6.85. The molecule has 0 amide bonds. The summed E-state index contributed by atoms with van der Waals surface area (Å²) in [6.07, 6.45) is 3.74. The maximum Gasteiger partial charge on any atom is 0.0496 e. The fourth-order valence-corrected chi connectivity index (χ4v) is 1.11. The molecule has 0 spiro atoms. The Morgan fingerprint density at radius 2 is 2.22 bits per heavy atom. The van der Waals surface area contributed by atoms with Crippen molar-refractivity contribution in [2.24, 2.45) is 11.7 Å². The monoisotopic (exact) mass is 236 g/mol. The van der Waals surface area contributed by atoms with Crippen LogP contribution in [0.5, 0.6) is 0 Å². The molecule has 0 aromatic heterocycles. The smallest absolute Gasteiger partial charge is 0.0496 e. The van der Waals surface area contributed by atoms with Gasteiger partial charge in [-0.15, -0.1) is 0 Å². The van der Waals surface area contributed by atoms with E-state index in [9.17, 15) is 0 Å². The van der Waals surface area contributed by atoms with Gasteiger partial charge in [-0.25, -0.2) is 0 Å². The molecule has 1 aliphatic carbocycles. The van der Waals surface area contributed by atoms with Crippen LogP contribution in [0, 0.1) is 11.3 Å². The van der Waals surface area contributed by atoms with Crippen LogP contribution in [0.3, 0.4) is 0 Å². The van der Waals surface area contributed by atoms with Gasteiger partial charge in [0.2, 0.25) is 0 Å². The third-order valence-corrected chi connectivity index (χ3v) is 2.35. The summed E-state index contributed by atoms with van der Waals surface area (Å²) in [6.45, 7) is 0. The van der Waals surface area contributed by atoms with Crippen LogP contribution in [0.2, 0.25) is 0 Å². The largest absolute Gasteiger partial charge is 0.401 e. The molecule has 3 heteroatoms. The quantitative estimate of drug-likeness (QED) is 0.555. The predicted octanol–water partition coefficient (Wildman–Crippen LogP) is 1.65. The van der Waals surface area contributed by atoms with E-state index in [4.69, 9.17) is 11.1 Å². The van der Waals surface area contributed by atoms with Crippen LogP contribution in [0.25, 0.3) is 0 Å². The first-order chi connectivity index (χ1) is 4.25. The van der Waals surface area contributed by atoms with Crippen molar-refractivity contribution >= 4 is 28.8 Å². The van der Waals surface area contributed by atoms with Gasteiger partial charge in [0.25, 0.3) is 0 Å². The van der Waals surface area contributed by atoms with Crippen LogP contribution >= 0.6 is 22.6 Å². The molecule has 1 fully saturated rings. The van der Waals surface area contributed by atoms with E-state index in [1.54, 1.807) is 0 Å². The Labute approximate surface area is 68.2 Å². The highest BCUT2D eigenvalue weighted by molar-refractivity contribution is 14.1. The van der Waals surface area contributed by atoms with Crippen molar-refractivity contribution in [1.29, 1.82) is 5.41 Å². The minimum Gasteiger partial charge on any atom is -0.401 e. The van der Waals surface area contributed by atoms with Gasteiger partial charge in [-0.3, -0.25) is 0 Å². The third kappa shape index (κ3) is 1.67.